The lowest BCUT2D eigenvalue weighted by molar-refractivity contribution is 0.261. The van der Waals surface area contributed by atoms with E-state index in [0.717, 1.165) is 17.5 Å². The molecule has 1 atom stereocenters. The van der Waals surface area contributed by atoms with Crippen molar-refractivity contribution >= 4 is 0 Å². The lowest BCUT2D eigenvalue weighted by Gasteiger charge is -2.16. The first-order valence-corrected chi connectivity index (χ1v) is 8.61. The number of aliphatic hydroxyl groups excluding tert-OH is 1. The van der Waals surface area contributed by atoms with Crippen molar-refractivity contribution in [2.24, 2.45) is 0 Å². The summed E-state index contributed by atoms with van der Waals surface area (Å²) in [5.74, 6) is 1.13. The van der Waals surface area contributed by atoms with Gasteiger partial charge in [-0.25, -0.2) is 0 Å². The smallest absolute Gasteiger partial charge is 0.240 e. The van der Waals surface area contributed by atoms with Crippen molar-refractivity contribution in [3.05, 3.63) is 71.6 Å². The van der Waals surface area contributed by atoms with Crippen LogP contribution in [0.25, 0.3) is 11.4 Å². The first-order chi connectivity index (χ1) is 12.3. The van der Waals surface area contributed by atoms with E-state index < -0.39 is 0 Å². The normalized spacial score (nSPS) is 12.2. The summed E-state index contributed by atoms with van der Waals surface area (Å²) in [5.41, 5.74) is 3.36. The number of aryl methyl sites for hydroxylation is 1. The first-order valence-electron chi connectivity index (χ1n) is 8.61. The van der Waals surface area contributed by atoms with Crippen LogP contribution in [0, 0.1) is 0 Å². The molecule has 2 aromatic carbocycles. The van der Waals surface area contributed by atoms with Crippen molar-refractivity contribution in [1.29, 1.82) is 0 Å². The molecule has 25 heavy (non-hydrogen) atoms. The molecule has 0 aliphatic rings. The van der Waals surface area contributed by atoms with Crippen molar-refractivity contribution < 1.29 is 9.63 Å². The zero-order chi connectivity index (χ0) is 17.5. The van der Waals surface area contributed by atoms with Crippen molar-refractivity contribution in [2.75, 3.05) is 6.61 Å². The van der Waals surface area contributed by atoms with Gasteiger partial charge in [-0.15, -0.1) is 0 Å². The summed E-state index contributed by atoms with van der Waals surface area (Å²) in [4.78, 5) is 4.46. The van der Waals surface area contributed by atoms with Crippen LogP contribution in [0.1, 0.15) is 36.4 Å². The quantitative estimate of drug-likeness (QED) is 0.658. The summed E-state index contributed by atoms with van der Waals surface area (Å²) >= 11 is 0. The molecule has 130 valence electrons. The Balaban J connectivity index is 1.65. The van der Waals surface area contributed by atoms with Gasteiger partial charge in [-0.05, 0) is 24.0 Å². The molecule has 0 radical (unpaired) electrons. The van der Waals surface area contributed by atoms with Crippen molar-refractivity contribution in [3.63, 3.8) is 0 Å². The average Bonchev–Trinajstić information content (AvgIpc) is 3.15. The fraction of sp³-hybridized carbons (Fsp3) is 0.300. The van der Waals surface area contributed by atoms with Crippen LogP contribution in [0.5, 0.6) is 0 Å². The highest BCUT2D eigenvalue weighted by molar-refractivity contribution is 5.54. The van der Waals surface area contributed by atoms with Crippen LogP contribution < -0.4 is 5.32 Å². The minimum absolute atomic E-state index is 0.0467. The van der Waals surface area contributed by atoms with Crippen LogP contribution >= 0.6 is 0 Å². The summed E-state index contributed by atoms with van der Waals surface area (Å²) in [6, 6.07) is 18.3. The van der Waals surface area contributed by atoms with E-state index in [0.29, 0.717) is 24.7 Å². The molecule has 2 N–H and O–H groups in total. The Kier molecular flexibility index (Phi) is 5.93. The van der Waals surface area contributed by atoms with Gasteiger partial charge in [-0.3, -0.25) is 0 Å². The van der Waals surface area contributed by atoms with Crippen LogP contribution in [-0.4, -0.2) is 21.9 Å². The highest BCUT2D eigenvalue weighted by Gasteiger charge is 2.13. The zero-order valence-corrected chi connectivity index (χ0v) is 14.4. The third-order valence-electron chi connectivity index (χ3n) is 4.21. The second kappa shape index (κ2) is 8.55. The lowest BCUT2D eigenvalue weighted by atomic mass is 10.0. The maximum absolute atomic E-state index is 9.30. The molecule has 0 aliphatic carbocycles. The van der Waals surface area contributed by atoms with Crippen LogP contribution in [0.2, 0.25) is 0 Å². The highest BCUT2D eigenvalue weighted by Crippen LogP contribution is 2.19. The zero-order valence-electron chi connectivity index (χ0n) is 14.4. The molecule has 0 aliphatic heterocycles. The monoisotopic (exact) mass is 337 g/mol. The van der Waals surface area contributed by atoms with Gasteiger partial charge >= 0.3 is 0 Å². The second-order valence-corrected chi connectivity index (χ2v) is 5.92. The third kappa shape index (κ3) is 4.53. The number of aliphatic hydroxyl groups is 1. The molecule has 3 aromatic rings. The van der Waals surface area contributed by atoms with Gasteiger partial charge in [0.2, 0.25) is 11.7 Å². The minimum atomic E-state index is 0.0467. The fourth-order valence-electron chi connectivity index (χ4n) is 2.74. The van der Waals surface area contributed by atoms with Gasteiger partial charge in [0.15, 0.2) is 0 Å². The molecule has 1 aromatic heterocycles. The van der Waals surface area contributed by atoms with Gasteiger partial charge < -0.3 is 14.9 Å². The molecule has 0 amide bonds. The van der Waals surface area contributed by atoms with Gasteiger partial charge in [-0.1, -0.05) is 66.7 Å². The predicted molar refractivity (Wildman–Crippen MR) is 96.8 cm³/mol. The molecule has 0 spiro atoms. The van der Waals surface area contributed by atoms with E-state index in [4.69, 9.17) is 4.52 Å². The molecule has 0 saturated heterocycles. The molecular weight excluding hydrogens is 314 g/mol. The Labute approximate surface area is 147 Å². The summed E-state index contributed by atoms with van der Waals surface area (Å²) in [5, 5.41) is 16.7. The summed E-state index contributed by atoms with van der Waals surface area (Å²) in [7, 11) is 0. The van der Waals surface area contributed by atoms with Gasteiger partial charge in [0.1, 0.15) is 0 Å². The largest absolute Gasteiger partial charge is 0.396 e. The van der Waals surface area contributed by atoms with E-state index in [-0.39, 0.29) is 12.6 Å². The van der Waals surface area contributed by atoms with E-state index in [1.165, 1.54) is 5.56 Å². The van der Waals surface area contributed by atoms with Gasteiger partial charge in [0.25, 0.3) is 0 Å². The Morgan fingerprint density at radius 1 is 1.08 bits per heavy atom. The van der Waals surface area contributed by atoms with Crippen LogP contribution in [0.15, 0.2) is 59.1 Å². The highest BCUT2D eigenvalue weighted by atomic mass is 16.5. The SMILES string of the molecule is CCc1ccc(-c2noc(CNC(CCO)c3ccccc3)n2)cc1. The molecule has 5 nitrogen and oxygen atoms in total. The maximum atomic E-state index is 9.30. The fourth-order valence-corrected chi connectivity index (χ4v) is 2.74. The van der Waals surface area contributed by atoms with E-state index in [9.17, 15) is 5.11 Å². The van der Waals surface area contributed by atoms with E-state index in [1.807, 2.05) is 42.5 Å². The third-order valence-corrected chi connectivity index (χ3v) is 4.21. The number of hydrogen-bond donors (Lipinski definition) is 2. The van der Waals surface area contributed by atoms with Gasteiger partial charge in [0.05, 0.1) is 6.54 Å². The van der Waals surface area contributed by atoms with Crippen molar-refractivity contribution in [2.45, 2.75) is 32.4 Å². The van der Waals surface area contributed by atoms with Crippen LogP contribution in [-0.2, 0) is 13.0 Å². The van der Waals surface area contributed by atoms with Crippen LogP contribution in [0.3, 0.4) is 0 Å². The first kappa shape index (κ1) is 17.3. The minimum Gasteiger partial charge on any atom is -0.396 e. The Hall–Kier alpha value is -2.50. The molecular formula is C20H23N3O2. The standard InChI is InChI=1S/C20H23N3O2/c1-2-15-8-10-17(11-9-15)20-22-19(25-23-20)14-21-18(12-13-24)16-6-4-3-5-7-16/h3-11,18,21,24H,2,12-14H2,1H3. The number of rotatable bonds is 8. The molecule has 0 bridgehead atoms. The lowest BCUT2D eigenvalue weighted by Crippen LogP contribution is -2.22. The molecule has 0 fully saturated rings. The van der Waals surface area contributed by atoms with Gasteiger partial charge in [-0.2, -0.15) is 4.98 Å². The van der Waals surface area contributed by atoms with Crippen LogP contribution in [0.4, 0.5) is 0 Å². The second-order valence-electron chi connectivity index (χ2n) is 5.92. The number of aromatic nitrogens is 2. The summed E-state index contributed by atoms with van der Waals surface area (Å²) in [6.45, 7) is 2.70. The Bertz CT molecular complexity index is 769. The Morgan fingerprint density at radius 3 is 2.52 bits per heavy atom. The average molecular weight is 337 g/mol. The van der Waals surface area contributed by atoms with Gasteiger partial charge in [0, 0.05) is 18.2 Å². The van der Waals surface area contributed by atoms with Crippen molar-refractivity contribution in [3.8, 4) is 11.4 Å². The van der Waals surface area contributed by atoms with E-state index in [1.54, 1.807) is 0 Å². The number of hydrogen-bond acceptors (Lipinski definition) is 5. The van der Waals surface area contributed by atoms with E-state index >= 15 is 0 Å². The van der Waals surface area contributed by atoms with E-state index in [2.05, 4.69) is 34.5 Å². The van der Waals surface area contributed by atoms with Crippen molar-refractivity contribution in [1.82, 2.24) is 15.5 Å². The summed E-state index contributed by atoms with van der Waals surface area (Å²) < 4.78 is 5.35. The predicted octanol–water partition coefficient (Wildman–Crippen LogP) is 3.51. The Morgan fingerprint density at radius 2 is 1.84 bits per heavy atom. The number of nitrogens with zero attached hydrogens (tertiary/aromatic N) is 2. The summed E-state index contributed by atoms with van der Waals surface area (Å²) in [6.07, 6.45) is 1.64. The molecule has 1 heterocycles. The maximum Gasteiger partial charge on any atom is 0.240 e. The number of nitrogens with one attached hydrogen (secondary N) is 1. The molecule has 3 rings (SSSR count). The molecule has 0 saturated carbocycles. The number of benzene rings is 2. The topological polar surface area (TPSA) is 71.2 Å². The molecule has 1 unspecified atom stereocenters. The molecule has 5 heteroatoms.